The number of nitrogens with zero attached hydrogens (tertiary/aromatic N) is 3. The molecule has 0 saturated carbocycles. The van der Waals surface area contributed by atoms with Crippen molar-refractivity contribution in [3.8, 4) is 0 Å². The average Bonchev–Trinajstić information content (AvgIpc) is 3.20. The molecule has 2 N–H and O–H groups in total. The first-order chi connectivity index (χ1) is 13.1. The first-order valence-corrected chi connectivity index (χ1v) is 10.1. The van der Waals surface area contributed by atoms with E-state index < -0.39 is 0 Å². The molecule has 0 radical (unpaired) electrons. The van der Waals surface area contributed by atoms with E-state index in [2.05, 4.69) is 38.0 Å². The van der Waals surface area contributed by atoms with E-state index in [0.29, 0.717) is 25.7 Å². The van der Waals surface area contributed by atoms with Gasteiger partial charge in [-0.1, -0.05) is 6.07 Å². The maximum atomic E-state index is 11.9. The van der Waals surface area contributed by atoms with E-state index >= 15 is 0 Å². The van der Waals surface area contributed by atoms with Crippen molar-refractivity contribution < 1.29 is 14.3 Å². The lowest BCUT2D eigenvalue weighted by molar-refractivity contribution is -0.127. The van der Waals surface area contributed by atoms with Crippen LogP contribution in [0.1, 0.15) is 10.9 Å². The van der Waals surface area contributed by atoms with Crippen LogP contribution in [0.15, 0.2) is 22.5 Å². The number of thiophene rings is 1. The minimum absolute atomic E-state index is 0. The van der Waals surface area contributed by atoms with Gasteiger partial charge >= 0.3 is 0 Å². The van der Waals surface area contributed by atoms with Crippen LogP contribution in [0, 0.1) is 0 Å². The molecule has 1 aromatic heterocycles. The molecule has 0 aliphatic carbocycles. The molecule has 1 saturated heterocycles. The highest BCUT2D eigenvalue weighted by atomic mass is 127. The number of carbonyl (C=O) groups excluding carboxylic acids is 1. The van der Waals surface area contributed by atoms with Crippen LogP contribution in [0.3, 0.4) is 0 Å². The minimum atomic E-state index is -0.0363. The Labute approximate surface area is 188 Å². The molecule has 10 heteroatoms. The van der Waals surface area contributed by atoms with Crippen LogP contribution in [-0.2, 0) is 14.3 Å². The van der Waals surface area contributed by atoms with E-state index in [1.54, 1.807) is 37.4 Å². The van der Waals surface area contributed by atoms with Crippen LogP contribution >= 0.6 is 35.3 Å². The number of ether oxygens (including phenoxy) is 2. The monoisotopic (exact) mass is 525 g/mol. The molecule has 2 rings (SSSR count). The van der Waals surface area contributed by atoms with Gasteiger partial charge in [0.2, 0.25) is 5.91 Å². The van der Waals surface area contributed by atoms with Crippen LogP contribution in [0.5, 0.6) is 0 Å². The average molecular weight is 525 g/mol. The number of carbonyl (C=O) groups is 1. The van der Waals surface area contributed by atoms with Crippen LogP contribution in [0.25, 0.3) is 0 Å². The topological polar surface area (TPSA) is 78.4 Å². The third-order valence-corrected chi connectivity index (χ3v) is 5.26. The Hall–Kier alpha value is -0.950. The van der Waals surface area contributed by atoms with Gasteiger partial charge in [-0.3, -0.25) is 9.69 Å². The van der Waals surface area contributed by atoms with Crippen molar-refractivity contribution in [2.45, 2.75) is 6.04 Å². The Bertz CT molecular complexity index is 580. The summed E-state index contributed by atoms with van der Waals surface area (Å²) in [5.41, 5.74) is 0. The van der Waals surface area contributed by atoms with Crippen molar-refractivity contribution in [2.75, 3.05) is 73.7 Å². The Balaban J connectivity index is 0.00000392. The number of hydrogen-bond donors (Lipinski definition) is 2. The number of aliphatic imine (C=N–C) groups is 1. The van der Waals surface area contributed by atoms with Gasteiger partial charge in [0, 0.05) is 52.3 Å². The van der Waals surface area contributed by atoms with Crippen molar-refractivity contribution >= 4 is 47.2 Å². The van der Waals surface area contributed by atoms with Crippen LogP contribution < -0.4 is 10.6 Å². The van der Waals surface area contributed by atoms with Gasteiger partial charge in [-0.15, -0.1) is 35.3 Å². The summed E-state index contributed by atoms with van der Waals surface area (Å²) in [6.45, 7) is 5.34. The molecule has 28 heavy (non-hydrogen) atoms. The number of likely N-dealkylation sites (N-methyl/N-ethyl adjacent to an activating group) is 1. The summed E-state index contributed by atoms with van der Waals surface area (Å²) in [6, 6.07) is 4.49. The fourth-order valence-electron chi connectivity index (χ4n) is 2.71. The minimum Gasteiger partial charge on any atom is -0.383 e. The number of amides is 1. The molecule has 1 aromatic rings. The molecular weight excluding hydrogens is 493 g/mol. The summed E-state index contributed by atoms with van der Waals surface area (Å²) in [4.78, 5) is 21.6. The second kappa shape index (κ2) is 14.1. The predicted molar refractivity (Wildman–Crippen MR) is 124 cm³/mol. The number of rotatable bonds is 9. The second-order valence-corrected chi connectivity index (χ2v) is 7.41. The Morgan fingerprint density at radius 1 is 1.39 bits per heavy atom. The fraction of sp³-hybridized carbons (Fsp3) is 0.667. The molecule has 1 fully saturated rings. The Morgan fingerprint density at radius 2 is 2.14 bits per heavy atom. The highest BCUT2D eigenvalue weighted by molar-refractivity contribution is 14.0. The zero-order chi connectivity index (χ0) is 19.5. The van der Waals surface area contributed by atoms with Gasteiger partial charge in [0.15, 0.2) is 5.96 Å². The third kappa shape index (κ3) is 8.60. The normalized spacial score (nSPS) is 16.2. The van der Waals surface area contributed by atoms with E-state index in [9.17, 15) is 4.79 Å². The van der Waals surface area contributed by atoms with Crippen LogP contribution in [0.4, 0.5) is 0 Å². The van der Waals surface area contributed by atoms with Crippen molar-refractivity contribution in [3.63, 3.8) is 0 Å². The first kappa shape index (κ1) is 25.1. The maximum absolute atomic E-state index is 11.9. The number of nitrogens with one attached hydrogen (secondary N) is 2. The lowest BCUT2D eigenvalue weighted by Crippen LogP contribution is -2.46. The van der Waals surface area contributed by atoms with Gasteiger partial charge in [-0.2, -0.15) is 0 Å². The number of halogens is 1. The standard InChI is InChI=1S/C18H31N5O3S.HI/c1-22(2)17(24)14-21-18(19-6-9-25-3)20-13-15(16-5-4-12-27-16)23-7-10-26-11-8-23;/h4-5,12,15H,6-11,13-14H2,1-3H3,(H2,19,20,21);1H. The zero-order valence-electron chi connectivity index (χ0n) is 16.8. The zero-order valence-corrected chi connectivity index (χ0v) is 20.0. The summed E-state index contributed by atoms with van der Waals surface area (Å²) in [7, 11) is 5.12. The maximum Gasteiger partial charge on any atom is 0.243 e. The predicted octanol–water partition coefficient (Wildman–Crippen LogP) is 1.01. The summed E-state index contributed by atoms with van der Waals surface area (Å²) in [6.07, 6.45) is 0. The summed E-state index contributed by atoms with van der Waals surface area (Å²) in [5, 5.41) is 8.72. The van der Waals surface area contributed by atoms with Crippen molar-refractivity contribution in [1.82, 2.24) is 20.4 Å². The number of guanidine groups is 1. The highest BCUT2D eigenvalue weighted by Gasteiger charge is 2.23. The molecular formula is C18H32IN5O3S. The summed E-state index contributed by atoms with van der Waals surface area (Å²) in [5.74, 6) is 0.586. The van der Waals surface area contributed by atoms with E-state index in [1.807, 2.05) is 0 Å². The molecule has 1 aliphatic rings. The lowest BCUT2D eigenvalue weighted by atomic mass is 10.2. The number of methoxy groups -OCH3 is 1. The number of morpholine rings is 1. The quantitative estimate of drug-likeness (QED) is 0.217. The van der Waals surface area contributed by atoms with Gasteiger partial charge in [0.25, 0.3) is 0 Å². The molecule has 1 unspecified atom stereocenters. The highest BCUT2D eigenvalue weighted by Crippen LogP contribution is 2.25. The fourth-order valence-corrected chi connectivity index (χ4v) is 3.57. The molecule has 0 spiro atoms. The van der Waals surface area contributed by atoms with Gasteiger partial charge in [-0.05, 0) is 11.4 Å². The second-order valence-electron chi connectivity index (χ2n) is 6.43. The Kier molecular flexibility index (Phi) is 12.6. The van der Waals surface area contributed by atoms with E-state index in [4.69, 9.17) is 9.47 Å². The smallest absolute Gasteiger partial charge is 0.243 e. The molecule has 8 nitrogen and oxygen atoms in total. The van der Waals surface area contributed by atoms with Gasteiger partial charge in [-0.25, -0.2) is 4.99 Å². The first-order valence-electron chi connectivity index (χ1n) is 9.18. The lowest BCUT2D eigenvalue weighted by Gasteiger charge is -2.34. The SMILES string of the molecule is COCCNC(=NCC(=O)N(C)C)NCC(c1cccs1)N1CCOCC1.I. The van der Waals surface area contributed by atoms with Gasteiger partial charge in [0.1, 0.15) is 6.54 Å². The van der Waals surface area contributed by atoms with Gasteiger partial charge in [0.05, 0.1) is 25.9 Å². The molecule has 0 aromatic carbocycles. The molecule has 0 bridgehead atoms. The van der Waals surface area contributed by atoms with Crippen LogP contribution in [0.2, 0.25) is 0 Å². The summed E-state index contributed by atoms with van der Waals surface area (Å²) >= 11 is 1.76. The van der Waals surface area contributed by atoms with Crippen molar-refractivity contribution in [2.24, 2.45) is 4.99 Å². The number of hydrogen-bond acceptors (Lipinski definition) is 6. The van der Waals surface area contributed by atoms with Crippen molar-refractivity contribution in [1.29, 1.82) is 0 Å². The third-order valence-electron chi connectivity index (χ3n) is 4.29. The van der Waals surface area contributed by atoms with E-state index in [-0.39, 0.29) is 42.5 Å². The van der Waals surface area contributed by atoms with Crippen molar-refractivity contribution in [3.05, 3.63) is 22.4 Å². The molecule has 1 amide bonds. The largest absolute Gasteiger partial charge is 0.383 e. The van der Waals surface area contributed by atoms with Crippen LogP contribution in [-0.4, -0.2) is 95.4 Å². The molecule has 1 aliphatic heterocycles. The summed E-state index contributed by atoms with van der Waals surface area (Å²) < 4.78 is 10.6. The van der Waals surface area contributed by atoms with E-state index in [1.165, 1.54) is 4.88 Å². The van der Waals surface area contributed by atoms with Gasteiger partial charge < -0.3 is 25.0 Å². The Morgan fingerprint density at radius 3 is 2.75 bits per heavy atom. The van der Waals surface area contributed by atoms with E-state index in [0.717, 1.165) is 26.3 Å². The molecule has 160 valence electrons. The molecule has 1 atom stereocenters. The molecule has 2 heterocycles.